The molecule has 39 heavy (non-hydrogen) atoms. The first-order chi connectivity index (χ1) is 18.2. The summed E-state index contributed by atoms with van der Waals surface area (Å²) in [7, 11) is 0. The van der Waals surface area contributed by atoms with E-state index >= 15 is 0 Å². The van der Waals surface area contributed by atoms with Crippen LogP contribution in [0.4, 0.5) is 4.79 Å². The van der Waals surface area contributed by atoms with Gasteiger partial charge in [-0.1, -0.05) is 6.07 Å². The molecule has 2 unspecified atom stereocenters. The molecule has 1 aromatic rings. The second-order valence-corrected chi connectivity index (χ2v) is 9.62. The van der Waals surface area contributed by atoms with Crippen molar-refractivity contribution in [2.24, 2.45) is 5.73 Å². The summed E-state index contributed by atoms with van der Waals surface area (Å²) in [6.45, 7) is 7.59. The third-order valence-corrected chi connectivity index (χ3v) is 5.22. The molecule has 2 atom stereocenters. The van der Waals surface area contributed by atoms with E-state index in [9.17, 15) is 34.3 Å². The summed E-state index contributed by atoms with van der Waals surface area (Å²) in [6.07, 6.45) is -1.57. The van der Waals surface area contributed by atoms with Crippen molar-refractivity contribution in [2.75, 3.05) is 19.7 Å². The number of nitrogens with one attached hydrogen (secondary N) is 2. The zero-order valence-corrected chi connectivity index (χ0v) is 22.9. The number of phenols is 1. The Hall–Kier alpha value is -4.34. The van der Waals surface area contributed by atoms with Crippen LogP contribution >= 0.6 is 0 Å². The zero-order chi connectivity index (χ0) is 29.8. The van der Waals surface area contributed by atoms with Gasteiger partial charge in [-0.15, -0.1) is 0 Å². The Morgan fingerprint density at radius 3 is 2.38 bits per heavy atom. The number of aryl methyl sites for hydroxylation is 1. The Kier molecular flexibility index (Phi) is 12.7. The minimum Gasteiger partial charge on any atom is -0.508 e. The Balaban J connectivity index is 3.43. The smallest absolute Gasteiger partial charge is 0.408 e. The number of rotatable bonds is 13. The highest BCUT2D eigenvalue weighted by molar-refractivity contribution is 5.92. The van der Waals surface area contributed by atoms with Crippen LogP contribution in [0.2, 0.25) is 0 Å². The number of aromatic hydroxyl groups is 1. The van der Waals surface area contributed by atoms with Gasteiger partial charge >= 0.3 is 12.1 Å². The number of carbonyl (C=O) groups excluding carboxylic acids is 5. The molecule has 0 saturated carbocycles. The lowest BCUT2D eigenvalue weighted by molar-refractivity contribution is -0.144. The highest BCUT2D eigenvalue weighted by Gasteiger charge is 2.36. The molecular formula is C26H37N5O8. The molecule has 13 nitrogen and oxygen atoms in total. The fourth-order valence-electron chi connectivity index (χ4n) is 3.51. The van der Waals surface area contributed by atoms with E-state index in [0.717, 1.165) is 4.90 Å². The number of alkyl carbamates (subject to hydrolysis) is 1. The summed E-state index contributed by atoms with van der Waals surface area (Å²) in [6, 6.07) is 3.31. The SMILES string of the molecule is CCOC(=O)CCNC(=O)C(c1ccc(O)c(C)c1)N(CC#N)C(=O)C(CCC(N)=O)NC(=O)OC(C)(C)C. The molecule has 0 fully saturated rings. The van der Waals surface area contributed by atoms with Gasteiger partial charge in [0.05, 0.1) is 19.1 Å². The number of esters is 1. The summed E-state index contributed by atoms with van der Waals surface area (Å²) in [5.41, 5.74) is 5.02. The van der Waals surface area contributed by atoms with E-state index in [-0.39, 0.29) is 43.7 Å². The number of hydrogen-bond acceptors (Lipinski definition) is 9. The van der Waals surface area contributed by atoms with Gasteiger partial charge < -0.3 is 35.8 Å². The molecule has 4 amide bonds. The molecule has 0 saturated heterocycles. The molecule has 214 valence electrons. The number of nitrogens with zero attached hydrogens (tertiary/aromatic N) is 2. The highest BCUT2D eigenvalue weighted by atomic mass is 16.6. The molecule has 0 heterocycles. The van der Waals surface area contributed by atoms with Crippen molar-refractivity contribution in [1.29, 1.82) is 5.26 Å². The predicted octanol–water partition coefficient (Wildman–Crippen LogP) is 1.32. The van der Waals surface area contributed by atoms with Crippen LogP contribution in [0, 0.1) is 18.3 Å². The second-order valence-electron chi connectivity index (χ2n) is 9.62. The zero-order valence-electron chi connectivity index (χ0n) is 22.9. The molecule has 0 bridgehead atoms. The van der Waals surface area contributed by atoms with Crippen LogP contribution in [0.5, 0.6) is 5.75 Å². The average Bonchev–Trinajstić information content (AvgIpc) is 2.82. The molecule has 1 rings (SSSR count). The van der Waals surface area contributed by atoms with Crippen molar-refractivity contribution in [3.8, 4) is 11.8 Å². The van der Waals surface area contributed by atoms with Crippen molar-refractivity contribution >= 4 is 29.8 Å². The number of primary amides is 1. The van der Waals surface area contributed by atoms with E-state index in [1.807, 2.05) is 6.07 Å². The Bertz CT molecular complexity index is 1090. The van der Waals surface area contributed by atoms with Crippen LogP contribution in [-0.2, 0) is 28.7 Å². The van der Waals surface area contributed by atoms with Crippen molar-refractivity contribution < 1.29 is 38.6 Å². The monoisotopic (exact) mass is 547 g/mol. The number of phenolic OH excluding ortho intramolecular Hbond substituents is 1. The topological polar surface area (TPSA) is 201 Å². The third-order valence-electron chi connectivity index (χ3n) is 5.22. The predicted molar refractivity (Wildman–Crippen MR) is 139 cm³/mol. The van der Waals surface area contributed by atoms with Crippen LogP contribution in [-0.4, -0.2) is 71.1 Å². The van der Waals surface area contributed by atoms with Crippen molar-refractivity contribution in [2.45, 2.75) is 71.6 Å². The van der Waals surface area contributed by atoms with E-state index < -0.39 is 54.0 Å². The number of carbonyl (C=O) groups is 5. The number of nitriles is 1. The van der Waals surface area contributed by atoms with Crippen molar-refractivity contribution in [1.82, 2.24) is 15.5 Å². The molecule has 0 spiro atoms. The minimum absolute atomic E-state index is 0.0516. The van der Waals surface area contributed by atoms with Gasteiger partial charge in [0, 0.05) is 13.0 Å². The van der Waals surface area contributed by atoms with E-state index in [2.05, 4.69) is 10.6 Å². The van der Waals surface area contributed by atoms with Crippen LogP contribution in [0.1, 0.15) is 64.1 Å². The molecule has 0 aliphatic heterocycles. The maximum absolute atomic E-state index is 13.7. The lowest BCUT2D eigenvalue weighted by atomic mass is 9.99. The lowest BCUT2D eigenvalue weighted by Crippen LogP contribution is -2.53. The quantitative estimate of drug-likeness (QED) is 0.207. The Morgan fingerprint density at radius 1 is 1.18 bits per heavy atom. The van der Waals surface area contributed by atoms with E-state index in [1.54, 1.807) is 34.6 Å². The summed E-state index contributed by atoms with van der Waals surface area (Å²) in [5, 5.41) is 24.5. The molecular weight excluding hydrogens is 510 g/mol. The van der Waals surface area contributed by atoms with Gasteiger partial charge in [0.15, 0.2) is 0 Å². The maximum Gasteiger partial charge on any atom is 0.408 e. The molecule has 5 N–H and O–H groups in total. The normalized spacial score (nSPS) is 12.3. The van der Waals surface area contributed by atoms with Gasteiger partial charge in [-0.3, -0.25) is 19.2 Å². The summed E-state index contributed by atoms with van der Waals surface area (Å²) < 4.78 is 10.1. The van der Waals surface area contributed by atoms with Gasteiger partial charge in [0.2, 0.25) is 17.7 Å². The second kappa shape index (κ2) is 15.2. The first kappa shape index (κ1) is 32.7. The van der Waals surface area contributed by atoms with Crippen LogP contribution < -0.4 is 16.4 Å². The molecule has 0 aliphatic carbocycles. The largest absolute Gasteiger partial charge is 0.508 e. The standard InChI is InChI=1S/C26H37N5O8/c1-6-38-21(34)11-13-29-23(35)22(17-7-9-19(32)16(2)15-17)31(14-12-27)24(36)18(8-10-20(28)33)30-25(37)39-26(3,4)5/h7,9,15,18,22,32H,6,8,10-11,13-14H2,1-5H3,(H2,28,33)(H,29,35)(H,30,37). The third kappa shape index (κ3) is 11.3. The van der Waals surface area contributed by atoms with E-state index in [4.69, 9.17) is 15.2 Å². The molecule has 13 heteroatoms. The maximum atomic E-state index is 13.7. The van der Waals surface area contributed by atoms with Crippen molar-refractivity contribution in [3.63, 3.8) is 0 Å². The number of benzene rings is 1. The number of amides is 4. The highest BCUT2D eigenvalue weighted by Crippen LogP contribution is 2.27. The number of nitrogens with two attached hydrogens (primary N) is 1. The Labute approximate surface area is 227 Å². The fraction of sp³-hybridized carbons (Fsp3) is 0.538. The van der Waals surface area contributed by atoms with Crippen LogP contribution in [0.25, 0.3) is 0 Å². The van der Waals surface area contributed by atoms with Gasteiger partial charge in [-0.2, -0.15) is 5.26 Å². The Morgan fingerprint density at radius 2 is 1.85 bits per heavy atom. The van der Waals surface area contributed by atoms with Gasteiger partial charge in [-0.05, 0) is 64.3 Å². The average molecular weight is 548 g/mol. The van der Waals surface area contributed by atoms with Gasteiger partial charge in [0.1, 0.15) is 30.0 Å². The van der Waals surface area contributed by atoms with Crippen molar-refractivity contribution in [3.05, 3.63) is 29.3 Å². The van der Waals surface area contributed by atoms with E-state index in [1.165, 1.54) is 18.2 Å². The van der Waals surface area contributed by atoms with E-state index in [0.29, 0.717) is 5.56 Å². The summed E-state index contributed by atoms with van der Waals surface area (Å²) in [4.78, 5) is 63.7. The summed E-state index contributed by atoms with van der Waals surface area (Å²) in [5.74, 6) is -2.89. The number of ether oxygens (including phenoxy) is 2. The first-order valence-corrected chi connectivity index (χ1v) is 12.4. The fourth-order valence-corrected chi connectivity index (χ4v) is 3.51. The van der Waals surface area contributed by atoms with Crippen LogP contribution in [0.15, 0.2) is 18.2 Å². The molecule has 1 aromatic carbocycles. The molecule has 0 aromatic heterocycles. The minimum atomic E-state index is -1.39. The lowest BCUT2D eigenvalue weighted by Gasteiger charge is -2.33. The molecule has 0 aliphatic rings. The van der Waals surface area contributed by atoms with Gasteiger partial charge in [0.25, 0.3) is 0 Å². The van der Waals surface area contributed by atoms with Crippen LogP contribution in [0.3, 0.4) is 0 Å². The number of hydrogen-bond donors (Lipinski definition) is 4. The van der Waals surface area contributed by atoms with Gasteiger partial charge in [-0.25, -0.2) is 4.79 Å². The molecule has 0 radical (unpaired) electrons. The first-order valence-electron chi connectivity index (χ1n) is 12.4. The summed E-state index contributed by atoms with van der Waals surface area (Å²) >= 11 is 0.